The largest absolute Gasteiger partial charge is 0.443 e. The van der Waals surface area contributed by atoms with E-state index in [9.17, 15) is 9.18 Å². The number of hydrogen-bond acceptors (Lipinski definition) is 5. The second-order valence-electron chi connectivity index (χ2n) is 7.42. The molecule has 1 aromatic rings. The summed E-state index contributed by atoms with van der Waals surface area (Å²) in [6, 6.07) is 5.06. The van der Waals surface area contributed by atoms with Crippen molar-refractivity contribution in [2.45, 2.75) is 38.4 Å². The molecular weight excluding hydrogens is 379 g/mol. The molecule has 2 fully saturated rings. The van der Waals surface area contributed by atoms with E-state index in [-0.39, 0.29) is 18.3 Å². The van der Waals surface area contributed by atoms with E-state index in [4.69, 9.17) is 25.7 Å². The standard InChI is InChI=1S/C20H29FN4O4/c21-18-15(13-29-20(26)24-19(22)23)2-1-3-17(18)25-8-4-16(5-9-25)28-12-14-6-10-27-11-7-14/h1-3,14,16H,4-13H2,(H4,22,23,24,26). The Morgan fingerprint density at radius 3 is 2.62 bits per heavy atom. The topological polar surface area (TPSA) is 112 Å². The predicted octanol–water partition coefficient (Wildman–Crippen LogP) is 2.15. The third-order valence-electron chi connectivity index (χ3n) is 5.32. The van der Waals surface area contributed by atoms with Crippen LogP contribution >= 0.6 is 0 Å². The fraction of sp³-hybridized carbons (Fsp3) is 0.600. The highest BCUT2D eigenvalue weighted by atomic mass is 19.1. The van der Waals surface area contributed by atoms with E-state index in [1.54, 1.807) is 18.2 Å². The monoisotopic (exact) mass is 408 g/mol. The van der Waals surface area contributed by atoms with Crippen molar-refractivity contribution in [3.8, 4) is 0 Å². The summed E-state index contributed by atoms with van der Waals surface area (Å²) >= 11 is 0. The maximum atomic E-state index is 14.9. The molecule has 0 aliphatic carbocycles. The number of anilines is 1. The number of carbonyl (C=O) groups excluding carboxylic acids is 1. The van der Waals surface area contributed by atoms with Gasteiger partial charge in [0.05, 0.1) is 11.8 Å². The molecule has 2 aliphatic rings. The molecule has 0 atom stereocenters. The maximum Gasteiger partial charge on any atom is 0.437 e. The number of benzene rings is 1. The van der Waals surface area contributed by atoms with Crippen LogP contribution in [0.5, 0.6) is 0 Å². The van der Waals surface area contributed by atoms with Crippen molar-refractivity contribution in [2.24, 2.45) is 22.4 Å². The Morgan fingerprint density at radius 2 is 1.93 bits per heavy atom. The molecule has 1 amide bonds. The van der Waals surface area contributed by atoms with Crippen LogP contribution in [0.3, 0.4) is 0 Å². The molecule has 1 aromatic carbocycles. The minimum atomic E-state index is -0.947. The van der Waals surface area contributed by atoms with E-state index in [1.807, 2.05) is 4.90 Å². The lowest BCUT2D eigenvalue weighted by Crippen LogP contribution is -2.38. The lowest BCUT2D eigenvalue weighted by Gasteiger charge is -2.35. The third-order valence-corrected chi connectivity index (χ3v) is 5.32. The van der Waals surface area contributed by atoms with Crippen LogP contribution in [0.1, 0.15) is 31.2 Å². The van der Waals surface area contributed by atoms with Crippen LogP contribution in [0.15, 0.2) is 23.2 Å². The molecule has 9 heteroatoms. The van der Waals surface area contributed by atoms with Gasteiger partial charge in [0.1, 0.15) is 6.61 Å². The zero-order valence-corrected chi connectivity index (χ0v) is 16.5. The fourth-order valence-corrected chi connectivity index (χ4v) is 3.65. The van der Waals surface area contributed by atoms with Gasteiger partial charge in [0, 0.05) is 38.5 Å². The SMILES string of the molecule is NC(N)=NC(=O)OCc1cccc(N2CCC(OCC3CCOCC3)CC2)c1F. The second-order valence-corrected chi connectivity index (χ2v) is 7.42. The molecule has 8 nitrogen and oxygen atoms in total. The molecule has 0 saturated carbocycles. The summed E-state index contributed by atoms with van der Waals surface area (Å²) in [5.74, 6) is -0.213. The number of nitrogens with two attached hydrogens (primary N) is 2. The molecule has 0 unspecified atom stereocenters. The molecule has 2 saturated heterocycles. The minimum Gasteiger partial charge on any atom is -0.443 e. The van der Waals surface area contributed by atoms with Crippen molar-refractivity contribution >= 4 is 17.7 Å². The number of nitrogens with zero attached hydrogens (tertiary/aromatic N) is 2. The van der Waals surface area contributed by atoms with E-state index < -0.39 is 17.9 Å². The molecule has 160 valence electrons. The Morgan fingerprint density at radius 1 is 1.21 bits per heavy atom. The van der Waals surface area contributed by atoms with E-state index in [1.165, 1.54) is 0 Å². The summed E-state index contributed by atoms with van der Waals surface area (Å²) in [4.78, 5) is 16.7. The highest BCUT2D eigenvalue weighted by Gasteiger charge is 2.24. The Balaban J connectivity index is 1.49. The van der Waals surface area contributed by atoms with Crippen LogP contribution in [0.25, 0.3) is 0 Å². The molecule has 0 radical (unpaired) electrons. The maximum absolute atomic E-state index is 14.9. The van der Waals surface area contributed by atoms with Gasteiger partial charge in [-0.2, -0.15) is 0 Å². The molecule has 3 rings (SSSR count). The van der Waals surface area contributed by atoms with E-state index in [0.717, 1.165) is 45.5 Å². The van der Waals surface area contributed by atoms with Gasteiger partial charge in [-0.1, -0.05) is 12.1 Å². The number of aliphatic imine (C=N–C) groups is 1. The van der Waals surface area contributed by atoms with Crippen LogP contribution < -0.4 is 16.4 Å². The number of carbonyl (C=O) groups is 1. The van der Waals surface area contributed by atoms with Crippen LogP contribution in [0, 0.1) is 11.7 Å². The molecule has 0 aromatic heterocycles. The molecule has 29 heavy (non-hydrogen) atoms. The predicted molar refractivity (Wildman–Crippen MR) is 107 cm³/mol. The molecule has 2 aliphatic heterocycles. The first-order chi connectivity index (χ1) is 14.0. The van der Waals surface area contributed by atoms with Crippen molar-refractivity contribution in [1.82, 2.24) is 0 Å². The Bertz CT molecular complexity index is 712. The first-order valence-corrected chi connectivity index (χ1v) is 10.0. The summed E-state index contributed by atoms with van der Waals surface area (Å²) in [7, 11) is 0. The number of ether oxygens (including phenoxy) is 3. The van der Waals surface area contributed by atoms with Gasteiger partial charge in [0.25, 0.3) is 0 Å². The van der Waals surface area contributed by atoms with Gasteiger partial charge in [-0.3, -0.25) is 0 Å². The van der Waals surface area contributed by atoms with Gasteiger partial charge in [0.15, 0.2) is 11.8 Å². The Kier molecular flexibility index (Phi) is 7.65. The second kappa shape index (κ2) is 10.4. The normalized spacial score (nSPS) is 18.4. The summed E-state index contributed by atoms with van der Waals surface area (Å²) < 4.78 is 31.3. The highest BCUT2D eigenvalue weighted by Crippen LogP contribution is 2.27. The average molecular weight is 408 g/mol. The number of halogens is 1. The van der Waals surface area contributed by atoms with Crippen LogP contribution in [-0.4, -0.2) is 51.1 Å². The molecule has 0 spiro atoms. The van der Waals surface area contributed by atoms with Gasteiger partial charge in [0.2, 0.25) is 0 Å². The lowest BCUT2D eigenvalue weighted by atomic mass is 10.0. The highest BCUT2D eigenvalue weighted by molar-refractivity contribution is 5.87. The zero-order valence-electron chi connectivity index (χ0n) is 16.5. The van der Waals surface area contributed by atoms with Crippen molar-refractivity contribution < 1.29 is 23.4 Å². The van der Waals surface area contributed by atoms with Crippen LogP contribution in [0.4, 0.5) is 14.9 Å². The van der Waals surface area contributed by atoms with Crippen molar-refractivity contribution in [3.63, 3.8) is 0 Å². The Hall–Kier alpha value is -2.39. The number of rotatable bonds is 6. The van der Waals surface area contributed by atoms with Crippen molar-refractivity contribution in [3.05, 3.63) is 29.6 Å². The number of piperidine rings is 1. The van der Waals surface area contributed by atoms with Crippen LogP contribution in [-0.2, 0) is 20.8 Å². The summed E-state index contributed by atoms with van der Waals surface area (Å²) in [5, 5.41) is 0. The smallest absolute Gasteiger partial charge is 0.437 e. The van der Waals surface area contributed by atoms with Gasteiger partial charge in [-0.05, 0) is 37.7 Å². The van der Waals surface area contributed by atoms with Crippen molar-refractivity contribution in [2.75, 3.05) is 37.8 Å². The zero-order chi connectivity index (χ0) is 20.6. The first-order valence-electron chi connectivity index (χ1n) is 10.0. The lowest BCUT2D eigenvalue weighted by molar-refractivity contribution is -0.0183. The fourth-order valence-electron chi connectivity index (χ4n) is 3.65. The first kappa shape index (κ1) is 21.3. The average Bonchev–Trinajstić information content (AvgIpc) is 2.72. The van der Waals surface area contributed by atoms with Crippen LogP contribution in [0.2, 0.25) is 0 Å². The minimum absolute atomic E-state index is 0.209. The van der Waals surface area contributed by atoms with Gasteiger partial charge in [-0.15, -0.1) is 4.99 Å². The van der Waals surface area contributed by atoms with E-state index >= 15 is 0 Å². The van der Waals surface area contributed by atoms with Gasteiger partial charge >= 0.3 is 6.09 Å². The van der Waals surface area contributed by atoms with E-state index in [2.05, 4.69) is 4.99 Å². The summed E-state index contributed by atoms with van der Waals surface area (Å²) in [5.41, 5.74) is 11.0. The molecule has 4 N–H and O–H groups in total. The number of hydrogen-bond donors (Lipinski definition) is 2. The molecule has 0 bridgehead atoms. The molecule has 2 heterocycles. The number of amides is 1. The quantitative estimate of drug-likeness (QED) is 0.548. The summed E-state index contributed by atoms with van der Waals surface area (Å²) in [6.07, 6.45) is 3.09. The van der Waals surface area contributed by atoms with E-state index in [0.29, 0.717) is 24.7 Å². The third kappa shape index (κ3) is 6.30. The van der Waals surface area contributed by atoms with Gasteiger partial charge in [-0.25, -0.2) is 9.18 Å². The Labute approximate surface area is 170 Å². The van der Waals surface area contributed by atoms with Gasteiger partial charge < -0.3 is 30.6 Å². The number of guanidine groups is 1. The molecular formula is C20H29FN4O4. The van der Waals surface area contributed by atoms with Crippen molar-refractivity contribution in [1.29, 1.82) is 0 Å². The summed E-state index contributed by atoms with van der Waals surface area (Å²) in [6.45, 7) is 3.62.